The molecule has 0 bridgehead atoms. The zero-order chi connectivity index (χ0) is 7.94. The smallest absolute Gasteiger partial charge is 0.0990 e. The van der Waals surface area contributed by atoms with Gasteiger partial charge in [0.2, 0.25) is 0 Å². The second-order valence-corrected chi connectivity index (χ2v) is 3.22. The number of likely N-dealkylation sites (tertiary alicyclic amines) is 1. The summed E-state index contributed by atoms with van der Waals surface area (Å²) in [5, 5.41) is 0. The number of piperidine rings is 1. The van der Waals surface area contributed by atoms with Crippen molar-refractivity contribution in [3.05, 3.63) is 0 Å². The molecule has 66 valence electrons. The van der Waals surface area contributed by atoms with Crippen molar-refractivity contribution in [3.63, 3.8) is 0 Å². The molecule has 2 nitrogen and oxygen atoms in total. The summed E-state index contributed by atoms with van der Waals surface area (Å²) in [4.78, 5) is 2.40. The van der Waals surface area contributed by atoms with Crippen molar-refractivity contribution in [1.29, 1.82) is 0 Å². The largest absolute Gasteiger partial charge is 0.366 e. The molecule has 2 heteroatoms. The molecule has 1 aliphatic rings. The summed E-state index contributed by atoms with van der Waals surface area (Å²) in [6.45, 7) is 6.40. The van der Waals surface area contributed by atoms with Crippen molar-refractivity contribution in [2.45, 2.75) is 32.6 Å². The third kappa shape index (κ3) is 3.73. The lowest BCUT2D eigenvalue weighted by atomic mass is 10.1. The van der Waals surface area contributed by atoms with Crippen LogP contribution in [0.4, 0.5) is 0 Å². The van der Waals surface area contributed by atoms with Gasteiger partial charge in [-0.1, -0.05) is 13.3 Å². The van der Waals surface area contributed by atoms with Crippen LogP contribution in [-0.4, -0.2) is 31.3 Å². The SMILES string of the molecule is CCCOCN1CCCCC1. The molecule has 1 aliphatic heterocycles. The quantitative estimate of drug-likeness (QED) is 0.577. The number of ether oxygens (including phenoxy) is 1. The van der Waals surface area contributed by atoms with E-state index in [0.29, 0.717) is 0 Å². The van der Waals surface area contributed by atoms with Gasteiger partial charge in [0.1, 0.15) is 0 Å². The molecule has 1 fully saturated rings. The molecule has 0 aromatic rings. The molecule has 0 unspecified atom stereocenters. The summed E-state index contributed by atoms with van der Waals surface area (Å²) in [5.41, 5.74) is 0. The van der Waals surface area contributed by atoms with Gasteiger partial charge >= 0.3 is 0 Å². The second-order valence-electron chi connectivity index (χ2n) is 3.22. The normalized spacial score (nSPS) is 20.5. The van der Waals surface area contributed by atoms with Gasteiger partial charge in [-0.2, -0.15) is 0 Å². The third-order valence-electron chi connectivity index (χ3n) is 2.07. The highest BCUT2D eigenvalue weighted by Crippen LogP contribution is 2.07. The van der Waals surface area contributed by atoms with Crippen LogP contribution in [0.15, 0.2) is 0 Å². The zero-order valence-corrected chi connectivity index (χ0v) is 7.51. The van der Waals surface area contributed by atoms with Crippen LogP contribution < -0.4 is 0 Å². The van der Waals surface area contributed by atoms with E-state index < -0.39 is 0 Å². The first-order chi connectivity index (χ1) is 5.43. The molecular weight excluding hydrogens is 138 g/mol. The average molecular weight is 157 g/mol. The van der Waals surface area contributed by atoms with Crippen LogP contribution in [0, 0.1) is 0 Å². The molecule has 0 radical (unpaired) electrons. The van der Waals surface area contributed by atoms with Gasteiger partial charge in [-0.05, 0) is 19.3 Å². The van der Waals surface area contributed by atoms with Crippen LogP contribution in [0.1, 0.15) is 32.6 Å². The van der Waals surface area contributed by atoms with E-state index in [9.17, 15) is 0 Å². The van der Waals surface area contributed by atoms with Gasteiger partial charge in [-0.3, -0.25) is 4.90 Å². The highest BCUT2D eigenvalue weighted by Gasteiger charge is 2.08. The Morgan fingerprint density at radius 2 is 1.91 bits per heavy atom. The Morgan fingerprint density at radius 3 is 2.55 bits per heavy atom. The van der Waals surface area contributed by atoms with E-state index in [1.54, 1.807) is 0 Å². The van der Waals surface area contributed by atoms with Crippen molar-refractivity contribution < 1.29 is 4.74 Å². The molecule has 0 saturated carbocycles. The van der Waals surface area contributed by atoms with Gasteiger partial charge < -0.3 is 4.74 Å². The molecule has 0 aliphatic carbocycles. The van der Waals surface area contributed by atoms with Crippen molar-refractivity contribution >= 4 is 0 Å². The summed E-state index contributed by atoms with van der Waals surface area (Å²) in [7, 11) is 0. The molecule has 0 aromatic heterocycles. The first kappa shape index (κ1) is 9.01. The van der Waals surface area contributed by atoms with Crippen LogP contribution in [0.2, 0.25) is 0 Å². The maximum absolute atomic E-state index is 5.45. The van der Waals surface area contributed by atoms with E-state index in [2.05, 4.69) is 11.8 Å². The van der Waals surface area contributed by atoms with Gasteiger partial charge in [-0.15, -0.1) is 0 Å². The fraction of sp³-hybridized carbons (Fsp3) is 1.00. The summed E-state index contributed by atoms with van der Waals surface area (Å²) in [5.74, 6) is 0. The first-order valence-corrected chi connectivity index (χ1v) is 4.73. The monoisotopic (exact) mass is 157 g/mol. The Hall–Kier alpha value is -0.0800. The van der Waals surface area contributed by atoms with Crippen molar-refractivity contribution in [3.8, 4) is 0 Å². The number of hydrogen-bond donors (Lipinski definition) is 0. The lowest BCUT2D eigenvalue weighted by Gasteiger charge is -2.25. The van der Waals surface area contributed by atoms with Gasteiger partial charge in [0.25, 0.3) is 0 Å². The minimum atomic E-state index is 0.855. The topological polar surface area (TPSA) is 12.5 Å². The summed E-state index contributed by atoms with van der Waals surface area (Å²) < 4.78 is 5.45. The molecule has 1 rings (SSSR count). The lowest BCUT2D eigenvalue weighted by molar-refractivity contribution is 0.0194. The number of rotatable bonds is 4. The third-order valence-corrected chi connectivity index (χ3v) is 2.07. The highest BCUT2D eigenvalue weighted by molar-refractivity contribution is 4.60. The molecule has 1 saturated heterocycles. The fourth-order valence-corrected chi connectivity index (χ4v) is 1.43. The number of hydrogen-bond acceptors (Lipinski definition) is 2. The molecule has 0 amide bonds. The van der Waals surface area contributed by atoms with Crippen LogP contribution in [0.25, 0.3) is 0 Å². The van der Waals surface area contributed by atoms with E-state index in [0.717, 1.165) is 19.8 Å². The molecular formula is C9H19NO. The standard InChI is InChI=1S/C9H19NO/c1-2-8-11-9-10-6-4-3-5-7-10/h2-9H2,1H3. The Labute approximate surface area is 69.5 Å². The Morgan fingerprint density at radius 1 is 1.18 bits per heavy atom. The van der Waals surface area contributed by atoms with Crippen LogP contribution in [0.3, 0.4) is 0 Å². The van der Waals surface area contributed by atoms with Crippen molar-refractivity contribution in [2.24, 2.45) is 0 Å². The maximum atomic E-state index is 5.45. The molecule has 11 heavy (non-hydrogen) atoms. The average Bonchev–Trinajstić information content (AvgIpc) is 2.07. The summed E-state index contributed by atoms with van der Waals surface area (Å²) in [6.07, 6.45) is 5.25. The first-order valence-electron chi connectivity index (χ1n) is 4.73. The molecule has 1 heterocycles. The maximum Gasteiger partial charge on any atom is 0.0990 e. The van der Waals surface area contributed by atoms with Crippen LogP contribution in [-0.2, 0) is 4.74 Å². The second kappa shape index (κ2) is 5.56. The van der Waals surface area contributed by atoms with Gasteiger partial charge in [0.15, 0.2) is 0 Å². The van der Waals surface area contributed by atoms with E-state index in [4.69, 9.17) is 4.74 Å². The van der Waals surface area contributed by atoms with E-state index >= 15 is 0 Å². The molecule has 0 atom stereocenters. The molecule has 0 aromatic carbocycles. The van der Waals surface area contributed by atoms with Crippen molar-refractivity contribution in [1.82, 2.24) is 4.90 Å². The minimum Gasteiger partial charge on any atom is -0.366 e. The molecule has 0 spiro atoms. The summed E-state index contributed by atoms with van der Waals surface area (Å²) >= 11 is 0. The van der Waals surface area contributed by atoms with Gasteiger partial charge in [0.05, 0.1) is 6.73 Å². The minimum absolute atomic E-state index is 0.855. The zero-order valence-electron chi connectivity index (χ0n) is 7.51. The number of nitrogens with zero attached hydrogens (tertiary/aromatic N) is 1. The van der Waals surface area contributed by atoms with E-state index in [1.165, 1.54) is 32.4 Å². The van der Waals surface area contributed by atoms with Crippen LogP contribution >= 0.6 is 0 Å². The Kier molecular flexibility index (Phi) is 4.55. The van der Waals surface area contributed by atoms with Gasteiger partial charge in [-0.25, -0.2) is 0 Å². The van der Waals surface area contributed by atoms with E-state index in [1.807, 2.05) is 0 Å². The van der Waals surface area contributed by atoms with Crippen LogP contribution in [0.5, 0.6) is 0 Å². The van der Waals surface area contributed by atoms with E-state index in [-0.39, 0.29) is 0 Å². The summed E-state index contributed by atoms with van der Waals surface area (Å²) in [6, 6.07) is 0. The highest BCUT2D eigenvalue weighted by atomic mass is 16.5. The Balaban J connectivity index is 1.96. The Bertz CT molecular complexity index is 89.6. The predicted molar refractivity (Wildman–Crippen MR) is 46.5 cm³/mol. The fourth-order valence-electron chi connectivity index (χ4n) is 1.43. The van der Waals surface area contributed by atoms with Gasteiger partial charge in [0, 0.05) is 19.7 Å². The molecule has 0 N–H and O–H groups in total. The predicted octanol–water partition coefficient (Wildman–Crippen LogP) is 1.86. The van der Waals surface area contributed by atoms with Crippen molar-refractivity contribution in [2.75, 3.05) is 26.4 Å². The lowest BCUT2D eigenvalue weighted by Crippen LogP contribution is -2.31.